The van der Waals surface area contributed by atoms with E-state index in [9.17, 15) is 9.18 Å². The van der Waals surface area contributed by atoms with Crippen LogP contribution in [0, 0.1) is 5.82 Å². The van der Waals surface area contributed by atoms with Crippen LogP contribution in [0.1, 0.15) is 43.7 Å². The highest BCUT2D eigenvalue weighted by Gasteiger charge is 2.40. The number of halogens is 1. The molecule has 4 rings (SSSR count). The van der Waals surface area contributed by atoms with Crippen LogP contribution in [0.15, 0.2) is 48.5 Å². The van der Waals surface area contributed by atoms with Crippen LogP contribution in [0.25, 0.3) is 0 Å². The van der Waals surface area contributed by atoms with Crippen molar-refractivity contribution in [1.29, 1.82) is 0 Å². The molecule has 2 N–H and O–H groups in total. The number of carbonyl (C=O) groups excluding carboxylic acids is 1. The van der Waals surface area contributed by atoms with E-state index < -0.39 is 0 Å². The maximum absolute atomic E-state index is 13.1. The maximum atomic E-state index is 13.1. The molecule has 2 aliphatic rings. The van der Waals surface area contributed by atoms with Crippen molar-refractivity contribution in [3.63, 3.8) is 0 Å². The number of piperidine rings is 1. The molecule has 148 valence electrons. The highest BCUT2D eigenvalue weighted by atomic mass is 19.1. The van der Waals surface area contributed by atoms with Gasteiger partial charge in [0.2, 0.25) is 0 Å². The summed E-state index contributed by atoms with van der Waals surface area (Å²) in [5, 5.41) is 6.20. The van der Waals surface area contributed by atoms with Crippen molar-refractivity contribution in [2.24, 2.45) is 0 Å². The topological polar surface area (TPSA) is 44.4 Å². The molecular formula is C23H28FN3O. The second-order valence-electron chi connectivity index (χ2n) is 7.96. The van der Waals surface area contributed by atoms with Crippen molar-refractivity contribution >= 4 is 11.7 Å². The molecule has 0 spiro atoms. The summed E-state index contributed by atoms with van der Waals surface area (Å²) in [6.07, 6.45) is 5.18. The first kappa shape index (κ1) is 18.9. The molecule has 2 saturated heterocycles. The van der Waals surface area contributed by atoms with Gasteiger partial charge in [-0.15, -0.1) is 0 Å². The Labute approximate surface area is 166 Å². The van der Waals surface area contributed by atoms with E-state index in [0.29, 0.717) is 12.1 Å². The van der Waals surface area contributed by atoms with Crippen LogP contribution in [-0.2, 0) is 13.0 Å². The lowest BCUT2D eigenvalue weighted by molar-refractivity contribution is 0.112. The maximum Gasteiger partial charge on any atom is 0.319 e. The highest BCUT2D eigenvalue weighted by molar-refractivity contribution is 5.90. The minimum Gasteiger partial charge on any atom is -0.335 e. The van der Waals surface area contributed by atoms with E-state index in [1.54, 1.807) is 0 Å². The zero-order valence-corrected chi connectivity index (χ0v) is 16.3. The third-order valence-electron chi connectivity index (χ3n) is 6.14. The standard InChI is InChI=1S/C23H28FN3O/c1-2-17-5-3-4-6-22(17)26-23(28)25-19-13-20-11-12-21(14-19)27(20)15-16-7-9-18(24)10-8-16/h3-10,19-21H,2,11-15H2,1H3,(H2,25,26,28). The van der Waals surface area contributed by atoms with Crippen molar-refractivity contribution in [2.45, 2.75) is 63.7 Å². The molecule has 2 aromatic rings. The van der Waals surface area contributed by atoms with E-state index in [-0.39, 0.29) is 17.9 Å². The van der Waals surface area contributed by atoms with E-state index >= 15 is 0 Å². The monoisotopic (exact) mass is 381 g/mol. The average molecular weight is 381 g/mol. The van der Waals surface area contributed by atoms with Gasteiger partial charge in [-0.3, -0.25) is 4.90 Å². The Hall–Kier alpha value is -2.40. The van der Waals surface area contributed by atoms with Crippen LogP contribution in [-0.4, -0.2) is 29.1 Å². The molecule has 0 aromatic heterocycles. The lowest BCUT2D eigenvalue weighted by atomic mass is 9.96. The summed E-state index contributed by atoms with van der Waals surface area (Å²) in [6.45, 7) is 2.95. The number of aryl methyl sites for hydroxylation is 1. The Morgan fingerprint density at radius 3 is 2.43 bits per heavy atom. The first-order valence-corrected chi connectivity index (χ1v) is 10.3. The first-order chi connectivity index (χ1) is 13.6. The van der Waals surface area contributed by atoms with Crippen LogP contribution in [0.4, 0.5) is 14.9 Å². The molecule has 2 bridgehead atoms. The second-order valence-corrected chi connectivity index (χ2v) is 7.96. The van der Waals surface area contributed by atoms with Gasteiger partial charge in [0.25, 0.3) is 0 Å². The molecule has 2 fully saturated rings. The molecule has 0 saturated carbocycles. The summed E-state index contributed by atoms with van der Waals surface area (Å²) in [5.74, 6) is -0.190. The Balaban J connectivity index is 1.34. The summed E-state index contributed by atoms with van der Waals surface area (Å²) < 4.78 is 13.1. The zero-order valence-electron chi connectivity index (χ0n) is 16.3. The number of carbonyl (C=O) groups is 1. The summed E-state index contributed by atoms with van der Waals surface area (Å²) in [5.41, 5.74) is 3.18. The number of anilines is 1. The van der Waals surface area contributed by atoms with Crippen LogP contribution >= 0.6 is 0 Å². The Morgan fingerprint density at radius 1 is 1.07 bits per heavy atom. The van der Waals surface area contributed by atoms with Crippen LogP contribution in [0.2, 0.25) is 0 Å². The van der Waals surface area contributed by atoms with Gasteiger partial charge in [0.1, 0.15) is 5.82 Å². The third kappa shape index (κ3) is 4.20. The first-order valence-electron chi connectivity index (χ1n) is 10.3. The van der Waals surface area contributed by atoms with Gasteiger partial charge in [-0.25, -0.2) is 9.18 Å². The molecule has 0 aliphatic carbocycles. The van der Waals surface area contributed by atoms with Crippen molar-refractivity contribution in [3.05, 3.63) is 65.5 Å². The van der Waals surface area contributed by atoms with Gasteiger partial charge in [0.05, 0.1) is 0 Å². The predicted octanol–water partition coefficient (Wildman–Crippen LogP) is 4.71. The quantitative estimate of drug-likeness (QED) is 0.788. The number of rotatable bonds is 5. The fraction of sp³-hybridized carbons (Fsp3) is 0.435. The molecule has 5 heteroatoms. The summed E-state index contributed by atoms with van der Waals surface area (Å²) >= 11 is 0. The van der Waals surface area contributed by atoms with Gasteiger partial charge in [-0.2, -0.15) is 0 Å². The van der Waals surface area contributed by atoms with E-state index in [0.717, 1.165) is 42.6 Å². The molecule has 2 aromatic carbocycles. The smallest absolute Gasteiger partial charge is 0.319 e. The van der Waals surface area contributed by atoms with Crippen molar-refractivity contribution < 1.29 is 9.18 Å². The van der Waals surface area contributed by atoms with Crippen LogP contribution < -0.4 is 10.6 Å². The lowest BCUT2D eigenvalue weighted by Crippen LogP contribution is -2.50. The molecule has 4 nitrogen and oxygen atoms in total. The minimum atomic E-state index is -0.190. The lowest BCUT2D eigenvalue weighted by Gasteiger charge is -2.39. The number of nitrogens with zero attached hydrogens (tertiary/aromatic N) is 1. The molecule has 2 unspecified atom stereocenters. The molecule has 0 radical (unpaired) electrons. The number of para-hydroxylation sites is 1. The molecule has 2 aliphatic heterocycles. The predicted molar refractivity (Wildman–Crippen MR) is 110 cm³/mol. The number of urea groups is 1. The summed E-state index contributed by atoms with van der Waals surface area (Å²) in [6, 6.07) is 15.8. The van der Waals surface area contributed by atoms with Gasteiger partial charge >= 0.3 is 6.03 Å². The molecule has 2 heterocycles. The normalized spacial score (nSPS) is 24.1. The molecule has 2 amide bonds. The number of benzene rings is 2. The SMILES string of the molecule is CCc1ccccc1NC(=O)NC1CC2CCC(C1)N2Cc1ccc(F)cc1. The van der Waals surface area contributed by atoms with E-state index in [4.69, 9.17) is 0 Å². The number of fused-ring (bicyclic) bond motifs is 2. The van der Waals surface area contributed by atoms with Crippen LogP contribution in [0.3, 0.4) is 0 Å². The number of hydrogen-bond donors (Lipinski definition) is 2. The minimum absolute atomic E-state index is 0.114. The van der Waals surface area contributed by atoms with Gasteiger partial charge < -0.3 is 10.6 Å². The summed E-state index contributed by atoms with van der Waals surface area (Å²) in [7, 11) is 0. The van der Waals surface area contributed by atoms with E-state index in [2.05, 4.69) is 22.5 Å². The van der Waals surface area contributed by atoms with Crippen LogP contribution in [0.5, 0.6) is 0 Å². The highest BCUT2D eigenvalue weighted by Crippen LogP contribution is 2.37. The van der Waals surface area contributed by atoms with Crippen molar-refractivity contribution in [2.75, 3.05) is 5.32 Å². The molecule has 2 atom stereocenters. The zero-order chi connectivity index (χ0) is 19.5. The fourth-order valence-electron chi connectivity index (χ4n) is 4.75. The number of amides is 2. The van der Waals surface area contributed by atoms with Gasteiger partial charge in [0.15, 0.2) is 0 Å². The summed E-state index contributed by atoms with van der Waals surface area (Å²) in [4.78, 5) is 15.1. The number of nitrogens with one attached hydrogen (secondary N) is 2. The third-order valence-corrected chi connectivity index (χ3v) is 6.14. The average Bonchev–Trinajstić information content (AvgIpc) is 2.92. The van der Waals surface area contributed by atoms with Gasteiger partial charge in [0, 0.05) is 30.4 Å². The Bertz CT molecular complexity index is 809. The van der Waals surface area contributed by atoms with Crippen molar-refractivity contribution in [3.8, 4) is 0 Å². The Kier molecular flexibility index (Phi) is 5.62. The number of hydrogen-bond acceptors (Lipinski definition) is 2. The van der Waals surface area contributed by atoms with Gasteiger partial charge in [-0.05, 0) is 61.4 Å². The van der Waals surface area contributed by atoms with Crippen molar-refractivity contribution in [1.82, 2.24) is 10.2 Å². The molecule has 28 heavy (non-hydrogen) atoms. The van der Waals surface area contributed by atoms with E-state index in [1.807, 2.05) is 36.4 Å². The largest absolute Gasteiger partial charge is 0.335 e. The van der Waals surface area contributed by atoms with Gasteiger partial charge in [-0.1, -0.05) is 37.3 Å². The molecular weight excluding hydrogens is 353 g/mol. The fourth-order valence-corrected chi connectivity index (χ4v) is 4.75. The Morgan fingerprint density at radius 2 is 1.75 bits per heavy atom. The van der Waals surface area contributed by atoms with E-state index in [1.165, 1.54) is 25.0 Å². The second kappa shape index (κ2) is 8.31.